The third-order valence-corrected chi connectivity index (χ3v) is 8.72. The van der Waals surface area contributed by atoms with Crippen LogP contribution in [0.4, 0.5) is 0 Å². The maximum atomic E-state index is 10.8. The molecule has 4 nitrogen and oxygen atoms in total. The van der Waals surface area contributed by atoms with Crippen molar-refractivity contribution in [2.45, 2.75) is 162 Å². The quantitative estimate of drug-likeness (QED) is 0.0835. The highest BCUT2D eigenvalue weighted by molar-refractivity contribution is 5.66. The fourth-order valence-corrected chi connectivity index (χ4v) is 6.40. The molecule has 226 valence electrons. The van der Waals surface area contributed by atoms with E-state index in [9.17, 15) is 9.59 Å². The second kappa shape index (κ2) is 24.2. The van der Waals surface area contributed by atoms with Crippen LogP contribution in [0.1, 0.15) is 162 Å². The molecule has 0 radical (unpaired) electrons. The first-order chi connectivity index (χ1) is 19.0. The van der Waals surface area contributed by atoms with Gasteiger partial charge in [0.05, 0.1) is 0 Å². The number of unbranched alkanes of at least 4 members (excludes halogenated alkanes) is 14. The molecule has 1 aliphatic rings. The molecule has 0 aromatic carbocycles. The Morgan fingerprint density at radius 1 is 0.590 bits per heavy atom. The van der Waals surface area contributed by atoms with E-state index in [0.717, 1.165) is 57.3 Å². The van der Waals surface area contributed by atoms with Crippen molar-refractivity contribution in [1.82, 2.24) is 0 Å². The first kappa shape index (κ1) is 35.4. The Kier molecular flexibility index (Phi) is 22.0. The topological polar surface area (TPSA) is 74.6 Å². The molecular weight excluding hydrogens is 484 g/mol. The van der Waals surface area contributed by atoms with Gasteiger partial charge in [0.2, 0.25) is 0 Å². The third-order valence-electron chi connectivity index (χ3n) is 8.72. The predicted molar refractivity (Wildman–Crippen MR) is 165 cm³/mol. The Balaban J connectivity index is 2.77. The van der Waals surface area contributed by atoms with Crippen molar-refractivity contribution < 1.29 is 19.8 Å². The highest BCUT2D eigenvalue weighted by Gasteiger charge is 2.33. The van der Waals surface area contributed by atoms with E-state index in [2.05, 4.69) is 38.2 Å². The van der Waals surface area contributed by atoms with Crippen molar-refractivity contribution >= 4 is 11.9 Å². The van der Waals surface area contributed by atoms with Crippen molar-refractivity contribution in [1.29, 1.82) is 0 Å². The normalized spacial score (nSPS) is 21.1. The van der Waals surface area contributed by atoms with Crippen LogP contribution in [0.5, 0.6) is 0 Å². The van der Waals surface area contributed by atoms with E-state index in [1.165, 1.54) is 83.5 Å². The summed E-state index contributed by atoms with van der Waals surface area (Å²) in [6, 6.07) is 0. The van der Waals surface area contributed by atoms with Crippen LogP contribution in [0.3, 0.4) is 0 Å². The largest absolute Gasteiger partial charge is 0.481 e. The van der Waals surface area contributed by atoms with E-state index in [-0.39, 0.29) is 0 Å². The van der Waals surface area contributed by atoms with E-state index in [1.54, 1.807) is 0 Å². The van der Waals surface area contributed by atoms with Crippen molar-refractivity contribution in [3.8, 4) is 0 Å². The summed E-state index contributed by atoms with van der Waals surface area (Å²) in [5.74, 6) is 1.36. The van der Waals surface area contributed by atoms with Crippen LogP contribution in [-0.4, -0.2) is 22.2 Å². The lowest BCUT2D eigenvalue weighted by atomic mass is 9.66. The summed E-state index contributed by atoms with van der Waals surface area (Å²) in [6.07, 6.45) is 36.0. The molecule has 0 amide bonds. The van der Waals surface area contributed by atoms with Gasteiger partial charge in [-0.1, -0.05) is 128 Å². The Hall–Kier alpha value is -1.58. The van der Waals surface area contributed by atoms with Crippen molar-refractivity contribution in [2.24, 2.45) is 23.7 Å². The molecule has 0 bridgehead atoms. The van der Waals surface area contributed by atoms with Crippen molar-refractivity contribution in [3.05, 3.63) is 24.3 Å². The van der Waals surface area contributed by atoms with Crippen LogP contribution < -0.4 is 0 Å². The van der Waals surface area contributed by atoms with E-state index in [1.807, 2.05) is 0 Å². The fraction of sp³-hybridized carbons (Fsp3) is 0.829. The minimum absolute atomic E-state index is 0.296. The second-order valence-electron chi connectivity index (χ2n) is 12.1. The molecule has 39 heavy (non-hydrogen) atoms. The van der Waals surface area contributed by atoms with Crippen molar-refractivity contribution in [2.75, 3.05) is 0 Å². The molecule has 1 rings (SSSR count). The monoisotopic (exact) mass is 546 g/mol. The molecule has 0 aromatic heterocycles. The van der Waals surface area contributed by atoms with Crippen LogP contribution in [0.15, 0.2) is 24.3 Å². The van der Waals surface area contributed by atoms with Crippen LogP contribution in [0, 0.1) is 23.7 Å². The average molecular weight is 547 g/mol. The average Bonchev–Trinajstić information content (AvgIpc) is 2.91. The molecule has 1 aliphatic carbocycles. The fourth-order valence-electron chi connectivity index (χ4n) is 6.40. The highest BCUT2D eigenvalue weighted by atomic mass is 16.4. The lowest BCUT2D eigenvalue weighted by Gasteiger charge is -2.39. The summed E-state index contributed by atoms with van der Waals surface area (Å²) in [6.45, 7) is 4.59. The van der Waals surface area contributed by atoms with Gasteiger partial charge in [0, 0.05) is 12.8 Å². The molecule has 0 fully saturated rings. The van der Waals surface area contributed by atoms with Gasteiger partial charge >= 0.3 is 11.9 Å². The Bertz CT molecular complexity index is 668. The number of allylic oxidation sites excluding steroid dienone is 4. The Morgan fingerprint density at radius 2 is 1.05 bits per heavy atom. The van der Waals surface area contributed by atoms with E-state index < -0.39 is 11.9 Å². The first-order valence-electron chi connectivity index (χ1n) is 16.8. The molecule has 4 atom stereocenters. The van der Waals surface area contributed by atoms with Crippen LogP contribution in [0.2, 0.25) is 0 Å². The van der Waals surface area contributed by atoms with Crippen LogP contribution in [0.25, 0.3) is 0 Å². The van der Waals surface area contributed by atoms with Gasteiger partial charge in [-0.3, -0.25) is 9.59 Å². The molecule has 4 unspecified atom stereocenters. The minimum Gasteiger partial charge on any atom is -0.481 e. The predicted octanol–water partition coefficient (Wildman–Crippen LogP) is 10.8. The summed E-state index contributed by atoms with van der Waals surface area (Å²) in [5.41, 5.74) is 0. The van der Waals surface area contributed by atoms with E-state index in [4.69, 9.17) is 10.2 Å². The van der Waals surface area contributed by atoms with Gasteiger partial charge in [0.15, 0.2) is 0 Å². The number of carbonyl (C=O) groups is 2. The Morgan fingerprint density at radius 3 is 1.64 bits per heavy atom. The number of aliphatic carboxylic acids is 2. The summed E-state index contributed by atoms with van der Waals surface area (Å²) in [4.78, 5) is 21.5. The maximum Gasteiger partial charge on any atom is 0.303 e. The first-order valence-corrected chi connectivity index (χ1v) is 16.8. The number of carboxylic acid groups (broad SMARTS) is 2. The van der Waals surface area contributed by atoms with Gasteiger partial charge < -0.3 is 10.2 Å². The molecule has 0 saturated heterocycles. The molecule has 0 aromatic rings. The molecule has 0 heterocycles. The zero-order valence-electron chi connectivity index (χ0n) is 25.6. The number of hydrogen-bond donors (Lipinski definition) is 2. The zero-order chi connectivity index (χ0) is 28.6. The van der Waals surface area contributed by atoms with E-state index in [0.29, 0.717) is 30.6 Å². The molecule has 0 aliphatic heterocycles. The van der Waals surface area contributed by atoms with Gasteiger partial charge in [-0.05, 0) is 68.6 Å². The third kappa shape index (κ3) is 18.4. The number of rotatable bonds is 26. The molecule has 2 N–H and O–H groups in total. The standard InChI is InChI=1S/C35H62O4/c1-3-5-7-16-22-30-28-29-31(23-17-12-11-15-21-27-35(38)39)33(32(30)24-18-8-6-4-2)25-19-13-9-10-14-20-26-34(36)37/h19,25,28-33H,3-18,20-24,26-27H2,1-2H3,(H,36,37)(H,38,39)/b25-19+. The molecule has 0 saturated carbocycles. The van der Waals surface area contributed by atoms with Crippen molar-refractivity contribution in [3.63, 3.8) is 0 Å². The van der Waals surface area contributed by atoms with E-state index >= 15 is 0 Å². The summed E-state index contributed by atoms with van der Waals surface area (Å²) in [7, 11) is 0. The molecule has 0 spiro atoms. The smallest absolute Gasteiger partial charge is 0.303 e. The second-order valence-corrected chi connectivity index (χ2v) is 12.1. The number of carboxylic acids is 2. The molecular formula is C35H62O4. The zero-order valence-corrected chi connectivity index (χ0v) is 25.6. The van der Waals surface area contributed by atoms with Gasteiger partial charge in [0.25, 0.3) is 0 Å². The lowest BCUT2D eigenvalue weighted by molar-refractivity contribution is -0.138. The van der Waals surface area contributed by atoms with Gasteiger partial charge in [-0.15, -0.1) is 0 Å². The maximum absolute atomic E-state index is 10.8. The summed E-state index contributed by atoms with van der Waals surface area (Å²) < 4.78 is 0. The lowest BCUT2D eigenvalue weighted by Crippen LogP contribution is -2.30. The van der Waals surface area contributed by atoms with Gasteiger partial charge in [0.1, 0.15) is 0 Å². The minimum atomic E-state index is -0.680. The SMILES string of the molecule is CCCCCCC1C=CC(CCCCCCCC(=O)O)C(/C=C/CCCCCCC(=O)O)C1CCCCCC. The summed E-state index contributed by atoms with van der Waals surface area (Å²) >= 11 is 0. The van der Waals surface area contributed by atoms with Crippen LogP contribution in [-0.2, 0) is 9.59 Å². The Labute approximate surface area is 241 Å². The van der Waals surface area contributed by atoms with Crippen LogP contribution >= 0.6 is 0 Å². The molecule has 4 heteroatoms. The van der Waals surface area contributed by atoms with Gasteiger partial charge in [-0.25, -0.2) is 0 Å². The summed E-state index contributed by atoms with van der Waals surface area (Å²) in [5, 5.41) is 17.7. The van der Waals surface area contributed by atoms with Gasteiger partial charge in [-0.2, -0.15) is 0 Å². The highest BCUT2D eigenvalue weighted by Crippen LogP contribution is 2.43. The number of hydrogen-bond acceptors (Lipinski definition) is 2.